The standard InChI is InChI=1S/C23H28N4O2.HI/c1-4-24-22(28)18-12-10-17(11-13-18)14-26-23(25-5-2)27-15-21-16(3)19-8-6-7-9-20(19)29-21;/h6-13H,4-5,14-15H2,1-3H3,(H,24,28)(H2,25,26,27);1H. The lowest BCUT2D eigenvalue weighted by Gasteiger charge is -2.11. The molecule has 3 rings (SSSR count). The number of halogens is 1. The van der Waals surface area contributed by atoms with Crippen LogP contribution in [-0.4, -0.2) is 25.0 Å². The highest BCUT2D eigenvalue weighted by molar-refractivity contribution is 14.0. The van der Waals surface area contributed by atoms with Gasteiger partial charge in [0.15, 0.2) is 5.96 Å². The number of fused-ring (bicyclic) bond motifs is 1. The van der Waals surface area contributed by atoms with Crippen LogP contribution in [0.2, 0.25) is 0 Å². The van der Waals surface area contributed by atoms with Crippen LogP contribution in [0.1, 0.15) is 41.1 Å². The molecule has 0 atom stereocenters. The Hall–Kier alpha value is -2.55. The molecule has 30 heavy (non-hydrogen) atoms. The molecular formula is C23H29IN4O2. The molecule has 160 valence electrons. The van der Waals surface area contributed by atoms with E-state index < -0.39 is 0 Å². The SMILES string of the molecule is CCNC(=O)c1ccc(CN=C(NCC)NCc2oc3ccccc3c2C)cc1.I. The van der Waals surface area contributed by atoms with Crippen LogP contribution < -0.4 is 16.0 Å². The third kappa shape index (κ3) is 5.98. The zero-order valence-electron chi connectivity index (χ0n) is 17.6. The molecule has 7 heteroatoms. The topological polar surface area (TPSA) is 78.7 Å². The van der Waals surface area contributed by atoms with Crippen molar-refractivity contribution in [3.05, 3.63) is 71.0 Å². The molecule has 0 saturated carbocycles. The normalized spacial score (nSPS) is 11.1. The fourth-order valence-corrected chi connectivity index (χ4v) is 3.09. The number of nitrogens with one attached hydrogen (secondary N) is 3. The number of rotatable bonds is 7. The molecule has 2 aromatic carbocycles. The molecule has 1 heterocycles. The summed E-state index contributed by atoms with van der Waals surface area (Å²) in [6.07, 6.45) is 0. The number of carbonyl (C=O) groups excluding carboxylic acids is 1. The Morgan fingerprint density at radius 1 is 0.967 bits per heavy atom. The highest BCUT2D eigenvalue weighted by atomic mass is 127. The summed E-state index contributed by atoms with van der Waals surface area (Å²) in [5, 5.41) is 10.5. The summed E-state index contributed by atoms with van der Waals surface area (Å²) in [7, 11) is 0. The van der Waals surface area contributed by atoms with Gasteiger partial charge in [-0.1, -0.05) is 30.3 Å². The smallest absolute Gasteiger partial charge is 0.251 e. The van der Waals surface area contributed by atoms with Crippen LogP contribution in [0.5, 0.6) is 0 Å². The third-order valence-corrected chi connectivity index (χ3v) is 4.68. The van der Waals surface area contributed by atoms with Crippen molar-refractivity contribution in [2.24, 2.45) is 4.99 Å². The van der Waals surface area contributed by atoms with E-state index in [1.165, 1.54) is 0 Å². The maximum absolute atomic E-state index is 11.9. The number of guanidine groups is 1. The van der Waals surface area contributed by atoms with Gasteiger partial charge in [-0.05, 0) is 44.5 Å². The van der Waals surface area contributed by atoms with Crippen LogP contribution in [0.15, 0.2) is 57.9 Å². The average molecular weight is 520 g/mol. The van der Waals surface area contributed by atoms with Crippen LogP contribution >= 0.6 is 24.0 Å². The van der Waals surface area contributed by atoms with Gasteiger partial charge in [0, 0.05) is 29.6 Å². The van der Waals surface area contributed by atoms with E-state index in [4.69, 9.17) is 4.42 Å². The zero-order chi connectivity index (χ0) is 20.6. The number of para-hydroxylation sites is 1. The van der Waals surface area contributed by atoms with Gasteiger partial charge in [-0.3, -0.25) is 4.79 Å². The van der Waals surface area contributed by atoms with Gasteiger partial charge in [0.05, 0.1) is 13.1 Å². The first-order chi connectivity index (χ1) is 14.1. The molecule has 0 saturated heterocycles. The van der Waals surface area contributed by atoms with Crippen molar-refractivity contribution in [2.75, 3.05) is 13.1 Å². The maximum atomic E-state index is 11.9. The largest absolute Gasteiger partial charge is 0.459 e. The van der Waals surface area contributed by atoms with Gasteiger partial charge in [-0.2, -0.15) is 0 Å². The van der Waals surface area contributed by atoms with Crippen LogP contribution in [-0.2, 0) is 13.1 Å². The van der Waals surface area contributed by atoms with Gasteiger partial charge >= 0.3 is 0 Å². The quantitative estimate of drug-likeness (QED) is 0.246. The first kappa shape index (κ1) is 23.7. The van der Waals surface area contributed by atoms with E-state index in [0.29, 0.717) is 25.2 Å². The van der Waals surface area contributed by atoms with Crippen LogP contribution in [0.4, 0.5) is 0 Å². The fraction of sp³-hybridized carbons (Fsp3) is 0.304. The molecule has 0 unspecified atom stereocenters. The molecule has 3 aromatic rings. The molecule has 1 aromatic heterocycles. The maximum Gasteiger partial charge on any atom is 0.251 e. The predicted molar refractivity (Wildman–Crippen MR) is 132 cm³/mol. The van der Waals surface area contributed by atoms with E-state index in [-0.39, 0.29) is 29.9 Å². The highest BCUT2D eigenvalue weighted by Gasteiger charge is 2.10. The molecular weight excluding hydrogens is 491 g/mol. The molecule has 3 N–H and O–H groups in total. The number of furan rings is 1. The first-order valence-corrected chi connectivity index (χ1v) is 9.98. The van der Waals surface area contributed by atoms with Gasteiger partial charge in [-0.15, -0.1) is 24.0 Å². The second-order valence-electron chi connectivity index (χ2n) is 6.75. The molecule has 0 spiro atoms. The summed E-state index contributed by atoms with van der Waals surface area (Å²) in [6.45, 7) is 8.47. The minimum Gasteiger partial charge on any atom is -0.459 e. The number of benzene rings is 2. The van der Waals surface area contributed by atoms with E-state index in [9.17, 15) is 4.79 Å². The van der Waals surface area contributed by atoms with Gasteiger partial charge in [0.25, 0.3) is 5.91 Å². The average Bonchev–Trinajstić information content (AvgIpc) is 3.06. The number of hydrogen-bond donors (Lipinski definition) is 3. The number of nitrogens with zero attached hydrogens (tertiary/aromatic N) is 1. The lowest BCUT2D eigenvalue weighted by Crippen LogP contribution is -2.36. The second-order valence-corrected chi connectivity index (χ2v) is 6.75. The van der Waals surface area contributed by atoms with Crippen LogP contribution in [0.25, 0.3) is 11.0 Å². The van der Waals surface area contributed by atoms with Crippen LogP contribution in [0.3, 0.4) is 0 Å². The van der Waals surface area contributed by atoms with E-state index in [2.05, 4.69) is 33.9 Å². The lowest BCUT2D eigenvalue weighted by atomic mass is 10.1. The molecule has 0 aliphatic rings. The minimum atomic E-state index is -0.0567. The van der Waals surface area contributed by atoms with Gasteiger partial charge in [0.2, 0.25) is 0 Å². The Balaban J connectivity index is 0.00000320. The summed E-state index contributed by atoms with van der Waals surface area (Å²) in [5.41, 5.74) is 3.74. The summed E-state index contributed by atoms with van der Waals surface area (Å²) in [6, 6.07) is 15.6. The Kier molecular flexibility index (Phi) is 9.16. The second kappa shape index (κ2) is 11.6. The molecule has 6 nitrogen and oxygen atoms in total. The van der Waals surface area contributed by atoms with Crippen molar-refractivity contribution in [3.8, 4) is 0 Å². The monoisotopic (exact) mass is 520 g/mol. The Morgan fingerprint density at radius 3 is 2.33 bits per heavy atom. The van der Waals surface area contributed by atoms with E-state index in [1.54, 1.807) is 0 Å². The number of carbonyl (C=O) groups is 1. The highest BCUT2D eigenvalue weighted by Crippen LogP contribution is 2.24. The van der Waals surface area contributed by atoms with Crippen molar-refractivity contribution in [3.63, 3.8) is 0 Å². The van der Waals surface area contributed by atoms with Crippen molar-refractivity contribution in [1.29, 1.82) is 0 Å². The fourth-order valence-electron chi connectivity index (χ4n) is 3.09. The Morgan fingerprint density at radius 2 is 1.67 bits per heavy atom. The number of hydrogen-bond acceptors (Lipinski definition) is 3. The van der Waals surface area contributed by atoms with Crippen molar-refractivity contribution >= 4 is 46.8 Å². The van der Waals surface area contributed by atoms with Crippen molar-refractivity contribution in [2.45, 2.75) is 33.9 Å². The predicted octanol–water partition coefficient (Wildman–Crippen LogP) is 4.36. The summed E-state index contributed by atoms with van der Waals surface area (Å²) in [5.74, 6) is 1.57. The number of amides is 1. The van der Waals surface area contributed by atoms with Gasteiger partial charge in [0.1, 0.15) is 11.3 Å². The van der Waals surface area contributed by atoms with E-state index in [0.717, 1.165) is 40.4 Å². The van der Waals surface area contributed by atoms with Crippen molar-refractivity contribution in [1.82, 2.24) is 16.0 Å². The molecule has 0 radical (unpaired) electrons. The van der Waals surface area contributed by atoms with Gasteiger partial charge < -0.3 is 20.4 Å². The first-order valence-electron chi connectivity index (χ1n) is 9.98. The summed E-state index contributed by atoms with van der Waals surface area (Å²) < 4.78 is 5.96. The van der Waals surface area contributed by atoms with Crippen LogP contribution in [0, 0.1) is 6.92 Å². The third-order valence-electron chi connectivity index (χ3n) is 4.68. The number of aryl methyl sites for hydroxylation is 1. The summed E-state index contributed by atoms with van der Waals surface area (Å²) in [4.78, 5) is 16.5. The Labute approximate surface area is 194 Å². The van der Waals surface area contributed by atoms with E-state index >= 15 is 0 Å². The molecule has 1 amide bonds. The molecule has 0 bridgehead atoms. The van der Waals surface area contributed by atoms with E-state index in [1.807, 2.05) is 56.3 Å². The minimum absolute atomic E-state index is 0. The summed E-state index contributed by atoms with van der Waals surface area (Å²) >= 11 is 0. The zero-order valence-corrected chi connectivity index (χ0v) is 19.9. The molecule has 0 aliphatic carbocycles. The Bertz CT molecular complexity index is 996. The lowest BCUT2D eigenvalue weighted by molar-refractivity contribution is 0.0956. The number of aliphatic imine (C=N–C) groups is 1. The molecule has 0 fully saturated rings. The molecule has 0 aliphatic heterocycles. The van der Waals surface area contributed by atoms with Crippen molar-refractivity contribution < 1.29 is 9.21 Å². The van der Waals surface area contributed by atoms with Gasteiger partial charge in [-0.25, -0.2) is 4.99 Å².